The molecule has 1 saturated heterocycles. The summed E-state index contributed by atoms with van der Waals surface area (Å²) in [7, 11) is -3.06. The SMILES string of the molecule is Cc1nnc(C2CCN(S(C)(=O)=O)CC2)o1. The van der Waals surface area contributed by atoms with Gasteiger partial charge in [-0.25, -0.2) is 12.7 Å². The van der Waals surface area contributed by atoms with E-state index in [4.69, 9.17) is 4.42 Å². The molecule has 0 aromatic carbocycles. The van der Waals surface area contributed by atoms with Gasteiger partial charge in [0.05, 0.1) is 6.26 Å². The van der Waals surface area contributed by atoms with Gasteiger partial charge in [0, 0.05) is 25.9 Å². The lowest BCUT2D eigenvalue weighted by atomic mass is 9.98. The van der Waals surface area contributed by atoms with Crippen LogP contribution in [0.3, 0.4) is 0 Å². The Hall–Kier alpha value is -0.950. The number of rotatable bonds is 2. The van der Waals surface area contributed by atoms with Crippen LogP contribution in [0, 0.1) is 6.92 Å². The average molecular weight is 245 g/mol. The van der Waals surface area contributed by atoms with E-state index in [-0.39, 0.29) is 5.92 Å². The van der Waals surface area contributed by atoms with Crippen molar-refractivity contribution in [2.45, 2.75) is 25.7 Å². The average Bonchev–Trinajstić information content (AvgIpc) is 2.64. The van der Waals surface area contributed by atoms with Crippen molar-refractivity contribution in [3.8, 4) is 0 Å². The van der Waals surface area contributed by atoms with E-state index in [1.165, 1.54) is 10.6 Å². The molecule has 0 amide bonds. The Morgan fingerprint density at radius 3 is 2.38 bits per heavy atom. The summed E-state index contributed by atoms with van der Waals surface area (Å²) >= 11 is 0. The molecule has 0 N–H and O–H groups in total. The monoisotopic (exact) mass is 245 g/mol. The minimum Gasteiger partial charge on any atom is -0.425 e. The Morgan fingerprint density at radius 2 is 1.94 bits per heavy atom. The standard InChI is InChI=1S/C9H15N3O3S/c1-7-10-11-9(15-7)8-3-5-12(6-4-8)16(2,13)14/h8H,3-6H2,1-2H3. The van der Waals surface area contributed by atoms with Crippen LogP contribution in [-0.4, -0.2) is 42.3 Å². The Balaban J connectivity index is 2.00. The predicted octanol–water partition coefficient (Wildman–Crippen LogP) is 0.517. The number of sulfonamides is 1. The van der Waals surface area contributed by atoms with Crippen LogP contribution in [0.2, 0.25) is 0 Å². The van der Waals surface area contributed by atoms with Gasteiger partial charge in [-0.1, -0.05) is 0 Å². The van der Waals surface area contributed by atoms with E-state index >= 15 is 0 Å². The van der Waals surface area contributed by atoms with Crippen LogP contribution in [0.1, 0.15) is 30.5 Å². The highest BCUT2D eigenvalue weighted by Crippen LogP contribution is 2.27. The number of aromatic nitrogens is 2. The number of hydrogen-bond donors (Lipinski definition) is 0. The molecule has 0 spiro atoms. The Labute approximate surface area is 94.7 Å². The summed E-state index contributed by atoms with van der Waals surface area (Å²) in [6, 6.07) is 0. The fraction of sp³-hybridized carbons (Fsp3) is 0.778. The van der Waals surface area contributed by atoms with Crippen molar-refractivity contribution in [3.05, 3.63) is 11.8 Å². The summed E-state index contributed by atoms with van der Waals surface area (Å²) in [5, 5.41) is 7.75. The number of aryl methyl sites for hydroxylation is 1. The maximum absolute atomic E-state index is 11.3. The zero-order valence-electron chi connectivity index (χ0n) is 9.38. The largest absolute Gasteiger partial charge is 0.425 e. The minimum atomic E-state index is -3.06. The fourth-order valence-corrected chi connectivity index (χ4v) is 2.79. The van der Waals surface area contributed by atoms with Crippen molar-refractivity contribution < 1.29 is 12.8 Å². The molecule has 0 saturated carbocycles. The first-order chi connectivity index (χ1) is 7.47. The lowest BCUT2D eigenvalue weighted by molar-refractivity contribution is 0.289. The first kappa shape index (κ1) is 11.5. The van der Waals surface area contributed by atoms with E-state index in [1.807, 2.05) is 0 Å². The molecule has 0 radical (unpaired) electrons. The number of nitrogens with zero attached hydrogens (tertiary/aromatic N) is 3. The van der Waals surface area contributed by atoms with Crippen molar-refractivity contribution in [2.24, 2.45) is 0 Å². The van der Waals surface area contributed by atoms with Gasteiger partial charge in [0.15, 0.2) is 0 Å². The molecule has 0 bridgehead atoms. The normalized spacial score (nSPS) is 20.1. The van der Waals surface area contributed by atoms with E-state index in [9.17, 15) is 8.42 Å². The van der Waals surface area contributed by atoms with E-state index in [1.54, 1.807) is 6.92 Å². The lowest BCUT2D eigenvalue weighted by Gasteiger charge is -2.28. The van der Waals surface area contributed by atoms with Crippen molar-refractivity contribution in [3.63, 3.8) is 0 Å². The first-order valence-electron chi connectivity index (χ1n) is 5.22. The maximum atomic E-state index is 11.3. The maximum Gasteiger partial charge on any atom is 0.219 e. The van der Waals surface area contributed by atoms with Gasteiger partial charge in [-0.3, -0.25) is 0 Å². The van der Waals surface area contributed by atoms with Gasteiger partial charge >= 0.3 is 0 Å². The van der Waals surface area contributed by atoms with E-state index in [0.29, 0.717) is 24.9 Å². The Kier molecular flexibility index (Phi) is 2.98. The molecular weight excluding hydrogens is 230 g/mol. The summed E-state index contributed by atoms with van der Waals surface area (Å²) in [6.45, 7) is 2.82. The third-order valence-corrected chi connectivity index (χ3v) is 4.12. The molecule has 0 unspecified atom stereocenters. The number of piperidine rings is 1. The van der Waals surface area contributed by atoms with Crippen LogP contribution >= 0.6 is 0 Å². The smallest absolute Gasteiger partial charge is 0.219 e. The summed E-state index contributed by atoms with van der Waals surface area (Å²) in [5.74, 6) is 1.38. The van der Waals surface area contributed by atoms with Gasteiger partial charge in [0.2, 0.25) is 21.8 Å². The highest BCUT2D eigenvalue weighted by molar-refractivity contribution is 7.88. The summed E-state index contributed by atoms with van der Waals surface area (Å²) < 4.78 is 29.5. The van der Waals surface area contributed by atoms with Crippen LogP contribution in [0.15, 0.2) is 4.42 Å². The zero-order valence-corrected chi connectivity index (χ0v) is 10.2. The van der Waals surface area contributed by atoms with Crippen LogP contribution in [-0.2, 0) is 10.0 Å². The number of hydrogen-bond acceptors (Lipinski definition) is 5. The molecule has 2 rings (SSSR count). The van der Waals surface area contributed by atoms with Gasteiger partial charge in [0.25, 0.3) is 0 Å². The highest BCUT2D eigenvalue weighted by atomic mass is 32.2. The molecule has 0 atom stereocenters. The molecule has 1 aromatic rings. The van der Waals surface area contributed by atoms with E-state index in [2.05, 4.69) is 10.2 Å². The predicted molar refractivity (Wildman–Crippen MR) is 57.4 cm³/mol. The molecule has 0 aliphatic carbocycles. The van der Waals surface area contributed by atoms with Gasteiger partial charge in [0.1, 0.15) is 0 Å². The molecule has 6 nitrogen and oxygen atoms in total. The van der Waals surface area contributed by atoms with Crippen LogP contribution in [0.25, 0.3) is 0 Å². The topological polar surface area (TPSA) is 76.3 Å². The first-order valence-corrected chi connectivity index (χ1v) is 7.07. The second kappa shape index (κ2) is 4.14. The Bertz CT molecular complexity index is 460. The van der Waals surface area contributed by atoms with Crippen molar-refractivity contribution in [2.75, 3.05) is 19.3 Å². The summed E-state index contributed by atoms with van der Waals surface area (Å²) in [4.78, 5) is 0. The third-order valence-electron chi connectivity index (χ3n) is 2.81. The molecule has 7 heteroatoms. The van der Waals surface area contributed by atoms with Crippen LogP contribution in [0.4, 0.5) is 0 Å². The van der Waals surface area contributed by atoms with Crippen molar-refractivity contribution in [1.29, 1.82) is 0 Å². The van der Waals surface area contributed by atoms with Gasteiger partial charge in [-0.2, -0.15) is 0 Å². The van der Waals surface area contributed by atoms with Gasteiger partial charge < -0.3 is 4.42 Å². The summed E-state index contributed by atoms with van der Waals surface area (Å²) in [6.07, 6.45) is 2.73. The van der Waals surface area contributed by atoms with E-state index < -0.39 is 10.0 Å². The lowest BCUT2D eigenvalue weighted by Crippen LogP contribution is -2.37. The third kappa shape index (κ3) is 2.41. The van der Waals surface area contributed by atoms with E-state index in [0.717, 1.165) is 12.8 Å². The van der Waals surface area contributed by atoms with Crippen molar-refractivity contribution >= 4 is 10.0 Å². The van der Waals surface area contributed by atoms with Crippen molar-refractivity contribution in [1.82, 2.24) is 14.5 Å². The quantitative estimate of drug-likeness (QED) is 0.759. The molecule has 1 aliphatic heterocycles. The summed E-state index contributed by atoms with van der Waals surface area (Å²) in [5.41, 5.74) is 0. The second-order valence-electron chi connectivity index (χ2n) is 4.10. The molecule has 90 valence electrons. The second-order valence-corrected chi connectivity index (χ2v) is 6.08. The van der Waals surface area contributed by atoms with Gasteiger partial charge in [-0.15, -0.1) is 10.2 Å². The zero-order chi connectivity index (χ0) is 11.8. The highest BCUT2D eigenvalue weighted by Gasteiger charge is 2.28. The molecule has 16 heavy (non-hydrogen) atoms. The molecular formula is C9H15N3O3S. The molecule has 2 heterocycles. The molecule has 1 aromatic heterocycles. The Morgan fingerprint density at radius 1 is 1.31 bits per heavy atom. The van der Waals surface area contributed by atoms with Gasteiger partial charge in [-0.05, 0) is 12.8 Å². The minimum absolute atomic E-state index is 0.194. The van der Waals surface area contributed by atoms with Crippen LogP contribution < -0.4 is 0 Å². The van der Waals surface area contributed by atoms with Crippen LogP contribution in [0.5, 0.6) is 0 Å². The molecule has 1 fully saturated rings. The molecule has 1 aliphatic rings. The fourth-order valence-electron chi connectivity index (χ4n) is 1.91.